The zero-order valence-electron chi connectivity index (χ0n) is 50.9. The summed E-state index contributed by atoms with van der Waals surface area (Å²) in [4.78, 5) is 32.2. The summed E-state index contributed by atoms with van der Waals surface area (Å²) in [5, 5.41) is 2.28. The molecule has 0 N–H and O–H groups in total. The van der Waals surface area contributed by atoms with Crippen LogP contribution in [0.25, 0.3) is 118 Å². The monoisotopic (exact) mass is 1200 g/mol. The van der Waals surface area contributed by atoms with E-state index >= 15 is 0 Å². The third kappa shape index (κ3) is 9.28. The van der Waals surface area contributed by atoms with Crippen LogP contribution in [-0.2, 0) is 0 Å². The Morgan fingerprint density at radius 3 is 1.39 bits per heavy atom. The number of rotatable bonds is 11. The van der Waals surface area contributed by atoms with Gasteiger partial charge in [0.15, 0.2) is 23.3 Å². The van der Waals surface area contributed by atoms with Crippen LogP contribution in [0.5, 0.6) is 0 Å². The molecule has 0 spiro atoms. The predicted octanol–water partition coefficient (Wildman–Crippen LogP) is 19.2. The summed E-state index contributed by atoms with van der Waals surface area (Å²) >= 11 is 0. The Hall–Kier alpha value is -12.6. The molecule has 2 aliphatic heterocycles. The lowest BCUT2D eigenvalue weighted by Crippen LogP contribution is -2.61. The molecule has 438 valence electrons. The first-order valence-electron chi connectivity index (χ1n) is 31.8. The van der Waals surface area contributed by atoms with Crippen LogP contribution >= 0.6 is 0 Å². The van der Waals surface area contributed by atoms with Gasteiger partial charge in [0.2, 0.25) is 0 Å². The molecule has 9 heteroatoms. The van der Waals surface area contributed by atoms with Gasteiger partial charge < -0.3 is 14.4 Å². The van der Waals surface area contributed by atoms with Gasteiger partial charge >= 0.3 is 0 Å². The zero-order valence-corrected chi connectivity index (χ0v) is 50.9. The number of nitrogens with zero attached hydrogens (tertiary/aromatic N) is 8. The highest BCUT2D eigenvalue weighted by atomic mass is 15.2. The van der Waals surface area contributed by atoms with Gasteiger partial charge in [-0.1, -0.05) is 249 Å². The maximum absolute atomic E-state index is 5.70. The van der Waals surface area contributed by atoms with Gasteiger partial charge in [0.05, 0.1) is 33.8 Å². The number of aromatic nitrogens is 6. The smallest absolute Gasteiger partial charge is 0.252 e. The lowest BCUT2D eigenvalue weighted by molar-refractivity contribution is 1.06. The molecule has 5 heterocycles. The first-order valence-corrected chi connectivity index (χ1v) is 31.8. The molecule has 94 heavy (non-hydrogen) atoms. The lowest BCUT2D eigenvalue weighted by atomic mass is 9.33. The first kappa shape index (κ1) is 54.4. The molecule has 8 nitrogen and oxygen atoms in total. The van der Waals surface area contributed by atoms with Crippen LogP contribution in [0.15, 0.2) is 334 Å². The van der Waals surface area contributed by atoms with Crippen LogP contribution < -0.4 is 26.2 Å². The molecule has 0 unspecified atom stereocenters. The van der Waals surface area contributed by atoms with E-state index in [4.69, 9.17) is 24.9 Å². The summed E-state index contributed by atoms with van der Waals surface area (Å²) in [6.45, 7) is -0.0532. The highest BCUT2D eigenvalue weighted by Gasteiger charge is 2.44. The SMILES string of the molecule is c1ccc(-c2ccc3c(c2)c2ccccc2n3-c2ccc(-c3cc(-c4ccccc4)nc(-c4ccccc4)n3)cc2-c2nc(-c3ccccc3)nc(-c3cccc(-c4ccc5c6c4N(c4ccccc4)c4ccccc4B6c4ccccc4N5c4ccccc4)c3)n2)cc1. The van der Waals surface area contributed by atoms with Crippen molar-refractivity contribution < 1.29 is 0 Å². The van der Waals surface area contributed by atoms with Gasteiger partial charge in [-0.05, 0) is 118 Å². The van der Waals surface area contributed by atoms with Gasteiger partial charge in [-0.15, -0.1) is 0 Å². The Labute approximate surface area is 544 Å². The van der Waals surface area contributed by atoms with E-state index in [1.807, 2.05) is 42.5 Å². The second kappa shape index (κ2) is 22.7. The van der Waals surface area contributed by atoms with E-state index in [-0.39, 0.29) is 6.71 Å². The molecule has 0 bridgehead atoms. The van der Waals surface area contributed by atoms with Gasteiger partial charge in [0.1, 0.15) is 0 Å². The van der Waals surface area contributed by atoms with Crippen molar-refractivity contribution in [3.05, 3.63) is 334 Å². The van der Waals surface area contributed by atoms with Crippen LogP contribution in [-0.4, -0.2) is 36.2 Å². The molecule has 0 fully saturated rings. The average molecular weight is 1200 g/mol. The Balaban J connectivity index is 0.872. The van der Waals surface area contributed by atoms with Crippen LogP contribution in [0.3, 0.4) is 0 Å². The topological polar surface area (TPSA) is 75.9 Å². The number of hydrogen-bond acceptors (Lipinski definition) is 7. The van der Waals surface area contributed by atoms with Gasteiger partial charge in [-0.2, -0.15) is 0 Å². The van der Waals surface area contributed by atoms with E-state index in [9.17, 15) is 0 Å². The standard InChI is InChI=1S/C85H55BN8/c1-7-26-56(27-8-1)60-46-49-75-68(53-60)67-40-19-22-43-74(67)94(75)76-50-47-62(73-55-72(57-28-9-2-10-29-57)87-82(88-73)58-30-11-3-12-31-58)54-69(76)85-90-83(59-32-13-4-14-33-59)89-84(91-85)63-35-25-34-61(52-63)66-48-51-79-80-81(66)93(65-38-17-6-18-39-65)78-45-24-21-42-71(78)86(80)70-41-20-23-44-77(70)92(79)64-36-15-5-16-37-64/h1-55H. The fourth-order valence-electron chi connectivity index (χ4n) is 14.2. The van der Waals surface area contributed by atoms with Crippen molar-refractivity contribution in [1.82, 2.24) is 29.5 Å². The third-order valence-corrected chi connectivity index (χ3v) is 18.4. The maximum atomic E-state index is 5.70. The van der Waals surface area contributed by atoms with Crippen molar-refractivity contribution in [1.29, 1.82) is 0 Å². The van der Waals surface area contributed by atoms with Crippen molar-refractivity contribution in [3.63, 3.8) is 0 Å². The van der Waals surface area contributed by atoms with Crippen LogP contribution in [0.1, 0.15) is 0 Å². The molecule has 0 amide bonds. The molecule has 0 radical (unpaired) electrons. The zero-order chi connectivity index (χ0) is 62.1. The van der Waals surface area contributed by atoms with Crippen molar-refractivity contribution in [2.45, 2.75) is 0 Å². The molecule has 0 saturated heterocycles. The predicted molar refractivity (Wildman–Crippen MR) is 387 cm³/mol. The summed E-state index contributed by atoms with van der Waals surface area (Å²) in [5.41, 5.74) is 24.8. The van der Waals surface area contributed by atoms with Crippen molar-refractivity contribution in [2.75, 3.05) is 9.80 Å². The van der Waals surface area contributed by atoms with E-state index in [2.05, 4.69) is 306 Å². The number of benzene rings is 13. The molecule has 0 atom stereocenters. The third-order valence-electron chi connectivity index (χ3n) is 18.4. The fourth-order valence-corrected chi connectivity index (χ4v) is 14.2. The second-order valence-corrected chi connectivity index (χ2v) is 23.9. The Kier molecular flexibility index (Phi) is 13.1. The summed E-state index contributed by atoms with van der Waals surface area (Å²) in [5.74, 6) is 2.23. The average Bonchev–Trinajstić information content (AvgIpc) is 0.781. The molecule has 3 aromatic heterocycles. The normalized spacial score (nSPS) is 12.2. The van der Waals surface area contributed by atoms with Gasteiger partial charge in [0.25, 0.3) is 6.71 Å². The molecule has 0 aliphatic carbocycles. The molecule has 0 saturated carbocycles. The Morgan fingerprint density at radius 1 is 0.245 bits per heavy atom. The minimum Gasteiger partial charge on any atom is -0.311 e. The molecular formula is C85H55BN8. The van der Waals surface area contributed by atoms with Crippen LogP contribution in [0, 0.1) is 0 Å². The largest absolute Gasteiger partial charge is 0.311 e. The van der Waals surface area contributed by atoms with E-state index in [0.29, 0.717) is 23.3 Å². The number of fused-ring (bicyclic) bond motifs is 7. The summed E-state index contributed by atoms with van der Waals surface area (Å²) in [6.07, 6.45) is 0. The van der Waals surface area contributed by atoms with Crippen LogP contribution in [0.4, 0.5) is 34.1 Å². The van der Waals surface area contributed by atoms with Gasteiger partial charge in [-0.25, -0.2) is 24.9 Å². The molecule has 13 aromatic carbocycles. The van der Waals surface area contributed by atoms with E-state index < -0.39 is 0 Å². The summed E-state index contributed by atoms with van der Waals surface area (Å²) in [7, 11) is 0. The van der Waals surface area contributed by atoms with E-state index in [1.165, 1.54) is 22.1 Å². The first-order chi connectivity index (χ1) is 46.6. The van der Waals surface area contributed by atoms with Crippen molar-refractivity contribution in [2.24, 2.45) is 0 Å². The second-order valence-electron chi connectivity index (χ2n) is 23.9. The van der Waals surface area contributed by atoms with Crippen molar-refractivity contribution >= 4 is 79.0 Å². The number of anilines is 6. The highest BCUT2D eigenvalue weighted by molar-refractivity contribution is 7.00. The van der Waals surface area contributed by atoms with Gasteiger partial charge in [-0.3, -0.25) is 0 Å². The van der Waals surface area contributed by atoms with Gasteiger partial charge in [0, 0.05) is 78.2 Å². The van der Waals surface area contributed by atoms with Crippen molar-refractivity contribution in [3.8, 4) is 96.0 Å². The molecule has 16 aromatic rings. The lowest BCUT2D eigenvalue weighted by Gasteiger charge is -2.45. The summed E-state index contributed by atoms with van der Waals surface area (Å²) < 4.78 is 2.37. The number of para-hydroxylation sites is 5. The minimum atomic E-state index is -0.0532. The molecular weight excluding hydrogens is 1140 g/mol. The Bertz CT molecular complexity index is 5500. The summed E-state index contributed by atoms with van der Waals surface area (Å²) in [6, 6.07) is 118. The highest BCUT2D eigenvalue weighted by Crippen LogP contribution is 2.49. The van der Waals surface area contributed by atoms with Crippen LogP contribution in [0.2, 0.25) is 0 Å². The quantitative estimate of drug-likeness (QED) is 0.119. The van der Waals surface area contributed by atoms with E-state index in [0.717, 1.165) is 123 Å². The molecule has 18 rings (SSSR count). The number of hydrogen-bond donors (Lipinski definition) is 0. The minimum absolute atomic E-state index is 0.0532. The fraction of sp³-hybridized carbons (Fsp3) is 0. The Morgan fingerprint density at radius 2 is 0.723 bits per heavy atom. The molecule has 2 aliphatic rings. The maximum Gasteiger partial charge on any atom is 0.252 e. The van der Waals surface area contributed by atoms with E-state index in [1.54, 1.807) is 0 Å².